The van der Waals surface area contributed by atoms with Crippen LogP contribution in [0.3, 0.4) is 0 Å². The lowest BCUT2D eigenvalue weighted by Gasteiger charge is -2.32. The quantitative estimate of drug-likeness (QED) is 0.548. The zero-order valence-corrected chi connectivity index (χ0v) is 17.4. The Balaban J connectivity index is 1.92. The van der Waals surface area contributed by atoms with E-state index in [9.17, 15) is 9.90 Å². The van der Waals surface area contributed by atoms with Crippen LogP contribution >= 0.6 is 0 Å². The number of ether oxygens (including phenoxy) is 1. The average Bonchev–Trinajstić information content (AvgIpc) is 2.74. The maximum absolute atomic E-state index is 12.0. The lowest BCUT2D eigenvalue weighted by Crippen LogP contribution is -2.32. The molecule has 0 atom stereocenters. The molecule has 0 aromatic heterocycles. The van der Waals surface area contributed by atoms with E-state index in [1.807, 2.05) is 13.8 Å². The van der Waals surface area contributed by atoms with Crippen LogP contribution in [-0.2, 0) is 11.2 Å². The van der Waals surface area contributed by atoms with Crippen molar-refractivity contribution >= 4 is 11.6 Å². The van der Waals surface area contributed by atoms with Crippen LogP contribution < -0.4 is 10.1 Å². The summed E-state index contributed by atoms with van der Waals surface area (Å²) in [5, 5.41) is 12.7. The standard InChI is InChI=1S/C28H15NO3/c1-4-5-6-7-8-9-10-11-12-13-14-15-16-17-18-27(31)29-24-22-26-23(21-25(24)30)19-20-28(2,3)32-26/h1,21-22,30H,19-20H2,2-3H3,(H,29,31). The molecule has 2 N–H and O–H groups in total. The largest absolute Gasteiger partial charge is 0.506 e. The van der Waals surface area contributed by atoms with Gasteiger partial charge in [-0.15, -0.1) is 6.42 Å². The van der Waals surface area contributed by atoms with Crippen LogP contribution in [0.1, 0.15) is 25.8 Å². The first-order valence-electron chi connectivity index (χ1n) is 9.24. The molecule has 0 saturated carbocycles. The second kappa shape index (κ2) is 11.7. The molecule has 0 unspecified atom stereocenters. The highest BCUT2D eigenvalue weighted by molar-refractivity contribution is 6.05. The summed E-state index contributed by atoms with van der Waals surface area (Å²) in [6.07, 6.45) is 6.56. The number of phenols is 1. The first kappa shape index (κ1) is 23.1. The molecular weight excluding hydrogens is 398 g/mol. The molecule has 1 heterocycles. The van der Waals surface area contributed by atoms with E-state index >= 15 is 0 Å². The minimum absolute atomic E-state index is 0.0488. The van der Waals surface area contributed by atoms with E-state index in [1.54, 1.807) is 12.1 Å². The van der Waals surface area contributed by atoms with Crippen LogP contribution in [0.4, 0.5) is 5.69 Å². The van der Waals surface area contributed by atoms with Crippen LogP contribution in [-0.4, -0.2) is 16.6 Å². The molecule has 0 radical (unpaired) electrons. The summed E-state index contributed by atoms with van der Waals surface area (Å²) in [5.74, 6) is 36.0. The number of carbonyl (C=O) groups excluding carboxylic acids is 1. The van der Waals surface area contributed by atoms with Crippen LogP contribution in [0, 0.1) is 95.2 Å². The Labute approximate surface area is 188 Å². The first-order valence-corrected chi connectivity index (χ1v) is 9.24. The second-order valence-electron chi connectivity index (χ2n) is 6.69. The van der Waals surface area contributed by atoms with Crippen LogP contribution in [0.25, 0.3) is 0 Å². The van der Waals surface area contributed by atoms with Gasteiger partial charge in [-0.25, -0.2) is 0 Å². The zero-order valence-electron chi connectivity index (χ0n) is 17.4. The highest BCUT2D eigenvalue weighted by Crippen LogP contribution is 2.39. The Hall–Kier alpha value is -5.23. The number of aryl methyl sites for hydroxylation is 1. The number of carbonyl (C=O) groups is 1. The fourth-order valence-corrected chi connectivity index (χ4v) is 2.41. The van der Waals surface area contributed by atoms with Gasteiger partial charge in [-0.05, 0) is 121 Å². The summed E-state index contributed by atoms with van der Waals surface area (Å²) in [7, 11) is 0. The molecule has 0 saturated heterocycles. The first-order chi connectivity index (χ1) is 15.4. The van der Waals surface area contributed by atoms with E-state index in [-0.39, 0.29) is 17.0 Å². The Morgan fingerprint density at radius 2 is 1.47 bits per heavy atom. The lowest BCUT2D eigenvalue weighted by atomic mass is 9.94. The van der Waals surface area contributed by atoms with Crippen molar-refractivity contribution in [3.05, 3.63) is 17.7 Å². The molecule has 1 aromatic carbocycles. The lowest BCUT2D eigenvalue weighted by molar-refractivity contribution is -0.111. The number of nitrogens with one attached hydrogen (secondary N) is 1. The van der Waals surface area contributed by atoms with E-state index in [0.717, 1.165) is 18.4 Å². The van der Waals surface area contributed by atoms with Gasteiger partial charge >= 0.3 is 5.91 Å². The Morgan fingerprint density at radius 3 is 2.03 bits per heavy atom. The zero-order chi connectivity index (χ0) is 23.2. The number of hydrogen-bond acceptors (Lipinski definition) is 3. The highest BCUT2D eigenvalue weighted by Gasteiger charge is 2.27. The number of fused-ring (bicyclic) bond motifs is 1. The molecule has 0 aliphatic carbocycles. The number of terminal acetylenes is 1. The van der Waals surface area contributed by atoms with Crippen molar-refractivity contribution in [1.82, 2.24) is 0 Å². The molecule has 4 nitrogen and oxygen atoms in total. The number of phenolic OH excluding ortho intramolecular Hbond substituents is 1. The van der Waals surface area contributed by atoms with Crippen LogP contribution in [0.15, 0.2) is 12.1 Å². The van der Waals surface area contributed by atoms with Gasteiger partial charge in [-0.1, -0.05) is 0 Å². The van der Waals surface area contributed by atoms with Crippen molar-refractivity contribution in [3.63, 3.8) is 0 Å². The molecular formula is C28H15NO3. The third-order valence-corrected chi connectivity index (χ3v) is 3.81. The summed E-state index contributed by atoms with van der Waals surface area (Å²) in [6.45, 7) is 3.98. The number of anilines is 1. The average molecular weight is 413 g/mol. The van der Waals surface area contributed by atoms with Crippen molar-refractivity contribution < 1.29 is 14.6 Å². The molecule has 4 heteroatoms. The molecule has 150 valence electrons. The number of rotatable bonds is 1. The molecule has 0 bridgehead atoms. The van der Waals surface area contributed by atoms with Gasteiger partial charge in [0.15, 0.2) is 0 Å². The van der Waals surface area contributed by atoms with Gasteiger partial charge in [-0.2, -0.15) is 0 Å². The highest BCUT2D eigenvalue weighted by atomic mass is 16.5. The predicted octanol–water partition coefficient (Wildman–Crippen LogP) is 2.09. The van der Waals surface area contributed by atoms with Gasteiger partial charge in [0, 0.05) is 12.0 Å². The van der Waals surface area contributed by atoms with Crippen molar-refractivity contribution in [2.75, 3.05) is 5.32 Å². The van der Waals surface area contributed by atoms with Crippen LogP contribution in [0.5, 0.6) is 11.5 Å². The maximum Gasteiger partial charge on any atom is 0.301 e. The monoisotopic (exact) mass is 413 g/mol. The van der Waals surface area contributed by atoms with Gasteiger partial charge in [0.25, 0.3) is 0 Å². The van der Waals surface area contributed by atoms with Gasteiger partial charge in [0.2, 0.25) is 0 Å². The molecule has 0 fully saturated rings. The molecule has 32 heavy (non-hydrogen) atoms. The smallest absolute Gasteiger partial charge is 0.301 e. The van der Waals surface area contributed by atoms with E-state index < -0.39 is 5.91 Å². The van der Waals surface area contributed by atoms with Gasteiger partial charge in [0.1, 0.15) is 17.1 Å². The number of aromatic hydroxyl groups is 1. The Bertz CT molecular complexity index is 1420. The van der Waals surface area contributed by atoms with Gasteiger partial charge in [0.05, 0.1) is 5.69 Å². The topological polar surface area (TPSA) is 58.6 Å². The summed E-state index contributed by atoms with van der Waals surface area (Å²) >= 11 is 0. The van der Waals surface area contributed by atoms with Crippen LogP contribution in [0.2, 0.25) is 0 Å². The Kier molecular flexibility index (Phi) is 8.42. The molecule has 1 aromatic rings. The van der Waals surface area contributed by atoms with E-state index in [0.29, 0.717) is 5.75 Å². The molecule has 0 spiro atoms. The SMILES string of the molecule is C#CC#CC#CC#CC#CC#CC#CC#CC(=O)Nc1cc2c(cc1O)CCC(C)(C)O2. The summed E-state index contributed by atoms with van der Waals surface area (Å²) in [4.78, 5) is 12.0. The third-order valence-electron chi connectivity index (χ3n) is 3.81. The fourth-order valence-electron chi connectivity index (χ4n) is 2.41. The summed E-state index contributed by atoms with van der Waals surface area (Å²) in [6, 6.07) is 3.19. The Morgan fingerprint density at radius 1 is 0.938 bits per heavy atom. The van der Waals surface area contributed by atoms with Crippen molar-refractivity contribution in [3.8, 4) is 107 Å². The molecule has 1 aliphatic rings. The number of hydrogen-bond donors (Lipinski definition) is 2. The maximum atomic E-state index is 12.0. The minimum Gasteiger partial charge on any atom is -0.506 e. The molecule has 1 aliphatic heterocycles. The molecule has 2 rings (SSSR count). The van der Waals surface area contributed by atoms with E-state index in [1.165, 1.54) is 0 Å². The third kappa shape index (κ3) is 8.02. The van der Waals surface area contributed by atoms with E-state index in [2.05, 4.69) is 94.1 Å². The number of amides is 1. The van der Waals surface area contributed by atoms with E-state index in [4.69, 9.17) is 11.2 Å². The fraction of sp³-hybridized carbons (Fsp3) is 0.179. The normalized spacial score (nSPS) is 10.8. The molecule has 1 amide bonds. The van der Waals surface area contributed by atoms with Crippen molar-refractivity contribution in [2.24, 2.45) is 0 Å². The summed E-state index contributed by atoms with van der Waals surface area (Å²) in [5.41, 5.74) is 0.814. The number of benzene rings is 1. The van der Waals surface area contributed by atoms with Gasteiger partial charge < -0.3 is 15.2 Å². The predicted molar refractivity (Wildman–Crippen MR) is 123 cm³/mol. The van der Waals surface area contributed by atoms with Gasteiger partial charge in [-0.3, -0.25) is 4.79 Å². The van der Waals surface area contributed by atoms with Crippen molar-refractivity contribution in [1.29, 1.82) is 0 Å². The minimum atomic E-state index is -0.624. The second-order valence-corrected chi connectivity index (χ2v) is 6.69. The summed E-state index contributed by atoms with van der Waals surface area (Å²) < 4.78 is 5.91. The van der Waals surface area contributed by atoms with Crippen molar-refractivity contribution in [2.45, 2.75) is 32.3 Å².